The first kappa shape index (κ1) is 11.9. The molecule has 0 amide bonds. The van der Waals surface area contributed by atoms with Crippen LogP contribution in [0.1, 0.15) is 12.8 Å². The molecule has 5 nitrogen and oxygen atoms in total. The largest absolute Gasteiger partial charge is 0.364 e. The number of fused-ring (bicyclic) bond motifs is 1. The molecular weight excluding hydrogens is 294 g/mol. The second-order valence-corrected chi connectivity index (χ2v) is 5.60. The highest BCUT2D eigenvalue weighted by Gasteiger charge is 2.18. The molecule has 2 aromatic rings. The molecule has 1 aliphatic heterocycles. The van der Waals surface area contributed by atoms with E-state index in [4.69, 9.17) is 0 Å². The number of nitrogens with zero attached hydrogens (tertiary/aromatic N) is 4. The number of imidazole rings is 1. The van der Waals surface area contributed by atoms with E-state index >= 15 is 0 Å². The summed E-state index contributed by atoms with van der Waals surface area (Å²) in [6.07, 6.45) is 7.95. The van der Waals surface area contributed by atoms with E-state index in [1.807, 2.05) is 16.8 Å². The molecule has 3 heterocycles. The van der Waals surface area contributed by atoms with Gasteiger partial charge >= 0.3 is 0 Å². The molecule has 18 heavy (non-hydrogen) atoms. The maximum absolute atomic E-state index is 4.50. The Morgan fingerprint density at radius 1 is 1.39 bits per heavy atom. The molecule has 0 saturated carbocycles. The van der Waals surface area contributed by atoms with Crippen molar-refractivity contribution in [2.75, 3.05) is 25.5 Å². The van der Waals surface area contributed by atoms with Gasteiger partial charge in [-0.1, -0.05) is 0 Å². The minimum atomic E-state index is 0.489. The van der Waals surface area contributed by atoms with E-state index in [1.165, 1.54) is 0 Å². The van der Waals surface area contributed by atoms with E-state index < -0.39 is 0 Å². The Balaban J connectivity index is 1.83. The van der Waals surface area contributed by atoms with Crippen LogP contribution in [-0.2, 0) is 0 Å². The maximum atomic E-state index is 4.50. The van der Waals surface area contributed by atoms with Gasteiger partial charge in [0.1, 0.15) is 4.60 Å². The number of hydrogen-bond acceptors (Lipinski definition) is 4. The molecule has 0 atom stereocenters. The van der Waals surface area contributed by atoms with Gasteiger partial charge in [-0.2, -0.15) is 0 Å². The molecule has 1 saturated heterocycles. The summed E-state index contributed by atoms with van der Waals surface area (Å²) < 4.78 is 2.80. The number of aromatic nitrogens is 3. The number of nitrogens with one attached hydrogen (secondary N) is 1. The van der Waals surface area contributed by atoms with Gasteiger partial charge in [-0.15, -0.1) is 0 Å². The molecule has 96 valence electrons. The van der Waals surface area contributed by atoms with Crippen LogP contribution in [0, 0.1) is 0 Å². The number of halogens is 1. The van der Waals surface area contributed by atoms with Crippen molar-refractivity contribution in [2.45, 2.75) is 18.9 Å². The van der Waals surface area contributed by atoms with E-state index in [1.54, 1.807) is 6.20 Å². The highest BCUT2D eigenvalue weighted by atomic mass is 79.9. The fourth-order valence-corrected chi connectivity index (χ4v) is 2.74. The molecule has 0 bridgehead atoms. The molecule has 1 N–H and O–H groups in total. The van der Waals surface area contributed by atoms with Gasteiger partial charge in [0.25, 0.3) is 0 Å². The zero-order valence-corrected chi connectivity index (χ0v) is 11.9. The molecule has 6 heteroatoms. The molecule has 2 aromatic heterocycles. The number of likely N-dealkylation sites (tertiary alicyclic amines) is 1. The Morgan fingerprint density at radius 2 is 2.17 bits per heavy atom. The summed E-state index contributed by atoms with van der Waals surface area (Å²) in [5.41, 5.74) is 0.886. The average molecular weight is 310 g/mol. The summed E-state index contributed by atoms with van der Waals surface area (Å²) in [6, 6.07) is 0.489. The lowest BCUT2D eigenvalue weighted by atomic mass is 10.1. The minimum Gasteiger partial charge on any atom is -0.364 e. The predicted molar refractivity (Wildman–Crippen MR) is 74.8 cm³/mol. The lowest BCUT2D eigenvalue weighted by molar-refractivity contribution is 0.263. The van der Waals surface area contributed by atoms with Crippen molar-refractivity contribution in [3.05, 3.63) is 23.2 Å². The summed E-state index contributed by atoms with van der Waals surface area (Å²) >= 11 is 3.43. The summed E-state index contributed by atoms with van der Waals surface area (Å²) in [5.74, 6) is 0.865. The molecule has 1 fully saturated rings. The van der Waals surface area contributed by atoms with Crippen LogP contribution >= 0.6 is 15.9 Å². The Morgan fingerprint density at radius 3 is 2.94 bits per heavy atom. The van der Waals surface area contributed by atoms with Gasteiger partial charge in [0.05, 0.1) is 0 Å². The summed E-state index contributed by atoms with van der Waals surface area (Å²) in [6.45, 7) is 2.27. The Kier molecular flexibility index (Phi) is 3.22. The third kappa shape index (κ3) is 2.35. The third-order valence-electron chi connectivity index (χ3n) is 3.40. The summed E-state index contributed by atoms with van der Waals surface area (Å²) in [4.78, 5) is 11.2. The molecule has 1 aliphatic rings. The van der Waals surface area contributed by atoms with Crippen LogP contribution in [0.5, 0.6) is 0 Å². The van der Waals surface area contributed by atoms with E-state index in [0.29, 0.717) is 6.04 Å². The monoisotopic (exact) mass is 309 g/mol. The van der Waals surface area contributed by atoms with Crippen LogP contribution < -0.4 is 5.32 Å². The number of hydrogen-bond donors (Lipinski definition) is 1. The summed E-state index contributed by atoms with van der Waals surface area (Å²) in [5, 5.41) is 3.52. The van der Waals surface area contributed by atoms with Crippen molar-refractivity contribution in [1.29, 1.82) is 0 Å². The first-order valence-electron chi connectivity index (χ1n) is 6.16. The van der Waals surface area contributed by atoms with Gasteiger partial charge in [-0.3, -0.25) is 0 Å². The first-order valence-corrected chi connectivity index (χ1v) is 6.96. The normalized spacial score (nSPS) is 18.3. The highest BCUT2D eigenvalue weighted by Crippen LogP contribution is 2.20. The Bertz CT molecular complexity index is 544. The minimum absolute atomic E-state index is 0.489. The fraction of sp³-hybridized carbons (Fsp3) is 0.500. The van der Waals surface area contributed by atoms with Crippen LogP contribution in [-0.4, -0.2) is 45.4 Å². The van der Waals surface area contributed by atoms with E-state index in [-0.39, 0.29) is 0 Å². The molecule has 0 aliphatic carbocycles. The van der Waals surface area contributed by atoms with Crippen LogP contribution in [0.4, 0.5) is 5.82 Å². The van der Waals surface area contributed by atoms with Crippen LogP contribution in [0.3, 0.4) is 0 Å². The molecule has 0 aromatic carbocycles. The van der Waals surface area contributed by atoms with Gasteiger partial charge < -0.3 is 14.6 Å². The lowest BCUT2D eigenvalue weighted by Gasteiger charge is -2.29. The van der Waals surface area contributed by atoms with Crippen LogP contribution in [0.15, 0.2) is 23.2 Å². The molecule has 0 spiro atoms. The van der Waals surface area contributed by atoms with Crippen molar-refractivity contribution >= 4 is 27.4 Å². The second-order valence-electron chi connectivity index (χ2n) is 4.79. The number of anilines is 1. The van der Waals surface area contributed by atoms with Gasteiger partial charge in [0.2, 0.25) is 0 Å². The van der Waals surface area contributed by atoms with E-state index in [9.17, 15) is 0 Å². The average Bonchev–Trinajstić information content (AvgIpc) is 2.80. The molecule has 3 rings (SSSR count). The Labute approximate surface area is 114 Å². The fourth-order valence-electron chi connectivity index (χ4n) is 2.34. The molecule has 0 radical (unpaired) electrons. The molecule has 0 unspecified atom stereocenters. The zero-order valence-electron chi connectivity index (χ0n) is 10.3. The van der Waals surface area contributed by atoms with Gasteiger partial charge in [0.15, 0.2) is 11.5 Å². The summed E-state index contributed by atoms with van der Waals surface area (Å²) in [7, 11) is 2.17. The van der Waals surface area contributed by atoms with Crippen molar-refractivity contribution in [2.24, 2.45) is 0 Å². The quantitative estimate of drug-likeness (QED) is 0.921. The van der Waals surface area contributed by atoms with Gasteiger partial charge in [-0.05, 0) is 48.9 Å². The SMILES string of the molecule is CN1CCC(Nc2nc(Br)cn3ccnc23)CC1. The van der Waals surface area contributed by atoms with Gasteiger partial charge in [0, 0.05) is 24.6 Å². The van der Waals surface area contributed by atoms with Crippen molar-refractivity contribution in [3.63, 3.8) is 0 Å². The lowest BCUT2D eigenvalue weighted by Crippen LogP contribution is -2.37. The third-order valence-corrected chi connectivity index (χ3v) is 3.79. The Hall–Kier alpha value is -1.14. The zero-order chi connectivity index (χ0) is 12.5. The van der Waals surface area contributed by atoms with E-state index in [0.717, 1.165) is 42.0 Å². The topological polar surface area (TPSA) is 45.5 Å². The van der Waals surface area contributed by atoms with Crippen molar-refractivity contribution in [1.82, 2.24) is 19.3 Å². The van der Waals surface area contributed by atoms with E-state index in [2.05, 4.69) is 43.2 Å². The van der Waals surface area contributed by atoms with Crippen LogP contribution in [0.25, 0.3) is 5.65 Å². The predicted octanol–water partition coefficient (Wildman–Crippen LogP) is 2.00. The maximum Gasteiger partial charge on any atom is 0.180 e. The van der Waals surface area contributed by atoms with Crippen molar-refractivity contribution in [3.8, 4) is 0 Å². The molecular formula is C12H16BrN5. The number of piperidine rings is 1. The van der Waals surface area contributed by atoms with Crippen molar-refractivity contribution < 1.29 is 0 Å². The second kappa shape index (κ2) is 4.85. The smallest absolute Gasteiger partial charge is 0.180 e. The standard InChI is InChI=1S/C12H16BrN5/c1-17-5-2-9(3-6-17)15-11-12-14-4-7-18(12)8-10(13)16-11/h4,7-9H,2-3,5-6H2,1H3,(H,15,16). The first-order chi connectivity index (χ1) is 8.72. The highest BCUT2D eigenvalue weighted by molar-refractivity contribution is 9.10. The number of rotatable bonds is 2. The van der Waals surface area contributed by atoms with Gasteiger partial charge in [-0.25, -0.2) is 9.97 Å². The van der Waals surface area contributed by atoms with Crippen LogP contribution in [0.2, 0.25) is 0 Å².